The summed E-state index contributed by atoms with van der Waals surface area (Å²) in [5.41, 5.74) is 2.94. The number of imide groups is 1. The second kappa shape index (κ2) is 8.98. The number of benzene rings is 2. The summed E-state index contributed by atoms with van der Waals surface area (Å²) in [6.07, 6.45) is 4.26. The third kappa shape index (κ3) is 3.99. The van der Waals surface area contributed by atoms with Gasteiger partial charge in [-0.2, -0.15) is 0 Å². The van der Waals surface area contributed by atoms with Crippen LogP contribution in [0.2, 0.25) is 0 Å². The maximum Gasteiger partial charge on any atom is 0.255 e. The number of piperidine rings is 1. The van der Waals surface area contributed by atoms with Crippen molar-refractivity contribution in [2.24, 2.45) is 0 Å². The molecule has 3 aliphatic rings. The first-order valence-electron chi connectivity index (χ1n) is 12.2. The molecule has 1 N–H and O–H groups in total. The highest BCUT2D eigenvalue weighted by Crippen LogP contribution is 2.35. The van der Waals surface area contributed by atoms with Crippen LogP contribution in [-0.4, -0.2) is 64.7 Å². The van der Waals surface area contributed by atoms with Crippen LogP contribution in [0.4, 0.5) is 10.1 Å². The van der Waals surface area contributed by atoms with E-state index in [1.165, 1.54) is 28.0 Å². The van der Waals surface area contributed by atoms with Crippen molar-refractivity contribution < 1.29 is 18.8 Å². The van der Waals surface area contributed by atoms with E-state index in [0.717, 1.165) is 30.6 Å². The smallest absolute Gasteiger partial charge is 0.255 e. The normalized spacial score (nSPS) is 20.7. The number of carbonyl (C=O) groups excluding carboxylic acids is 3. The fraction of sp³-hybridized carbons (Fsp3) is 0.333. The van der Waals surface area contributed by atoms with Crippen LogP contribution in [0, 0.1) is 5.82 Å². The summed E-state index contributed by atoms with van der Waals surface area (Å²) in [6, 6.07) is 10.3. The van der Waals surface area contributed by atoms with Crippen molar-refractivity contribution >= 4 is 34.2 Å². The van der Waals surface area contributed by atoms with Crippen LogP contribution < -0.4 is 10.2 Å². The topological polar surface area (TPSA) is 85.9 Å². The molecule has 3 aliphatic heterocycles. The van der Waals surface area contributed by atoms with E-state index in [1.54, 1.807) is 0 Å². The molecule has 0 saturated carbocycles. The molecule has 2 aromatic carbocycles. The molecule has 0 spiro atoms. The van der Waals surface area contributed by atoms with Crippen molar-refractivity contribution in [2.75, 3.05) is 31.1 Å². The largest absolute Gasteiger partial charge is 0.369 e. The van der Waals surface area contributed by atoms with Crippen molar-refractivity contribution in [3.05, 3.63) is 71.3 Å². The molecular formula is C27H26FN5O3. The predicted octanol–water partition coefficient (Wildman–Crippen LogP) is 2.46. The maximum atomic E-state index is 14.6. The second-order valence-corrected chi connectivity index (χ2v) is 9.63. The van der Waals surface area contributed by atoms with Gasteiger partial charge in [0, 0.05) is 80.3 Å². The minimum atomic E-state index is -0.718. The first kappa shape index (κ1) is 22.6. The lowest BCUT2D eigenvalue weighted by molar-refractivity contribution is -0.136. The van der Waals surface area contributed by atoms with E-state index in [0.29, 0.717) is 24.3 Å². The first-order valence-corrected chi connectivity index (χ1v) is 12.2. The number of hydrogen-bond donors (Lipinski definition) is 1. The molecule has 0 bridgehead atoms. The lowest BCUT2D eigenvalue weighted by Crippen LogP contribution is -2.52. The zero-order valence-corrected chi connectivity index (χ0v) is 19.7. The van der Waals surface area contributed by atoms with Gasteiger partial charge in [-0.05, 0) is 29.5 Å². The fourth-order valence-electron chi connectivity index (χ4n) is 5.58. The van der Waals surface area contributed by atoms with Crippen LogP contribution >= 0.6 is 0 Å². The summed E-state index contributed by atoms with van der Waals surface area (Å²) in [5, 5.41) is 4.63. The Hall–Kier alpha value is -3.85. The molecule has 9 heteroatoms. The minimum absolute atomic E-state index is 0.186. The van der Waals surface area contributed by atoms with Gasteiger partial charge in [0.15, 0.2) is 0 Å². The lowest BCUT2D eigenvalue weighted by atomic mass is 10.0. The number of anilines is 1. The number of pyridine rings is 1. The molecule has 0 aliphatic carbocycles. The molecular weight excluding hydrogens is 461 g/mol. The number of halogens is 1. The minimum Gasteiger partial charge on any atom is -0.369 e. The number of carbonyl (C=O) groups is 3. The Morgan fingerprint density at radius 2 is 1.83 bits per heavy atom. The molecule has 1 aromatic heterocycles. The number of nitrogens with zero attached hydrogens (tertiary/aromatic N) is 4. The third-order valence-corrected chi connectivity index (χ3v) is 7.45. The van der Waals surface area contributed by atoms with Crippen LogP contribution in [0.1, 0.15) is 34.3 Å². The van der Waals surface area contributed by atoms with Gasteiger partial charge in [-0.15, -0.1) is 0 Å². The zero-order chi connectivity index (χ0) is 24.8. The SMILES string of the molecule is O=C1CCC(N2Cc3c(cc(F)cc3N3CCN(Cc4cncc5ccccc45)CC3)C2=O)C(=O)N1. The Morgan fingerprint density at radius 1 is 1.03 bits per heavy atom. The molecule has 1 atom stereocenters. The van der Waals surface area contributed by atoms with Crippen LogP contribution in [0.15, 0.2) is 48.8 Å². The molecule has 2 saturated heterocycles. The van der Waals surface area contributed by atoms with E-state index >= 15 is 0 Å². The molecule has 2 fully saturated rings. The van der Waals surface area contributed by atoms with E-state index in [9.17, 15) is 18.8 Å². The molecule has 3 aromatic rings. The highest BCUT2D eigenvalue weighted by atomic mass is 19.1. The Kier molecular flexibility index (Phi) is 5.64. The molecule has 184 valence electrons. The van der Waals surface area contributed by atoms with Gasteiger partial charge in [-0.3, -0.25) is 29.6 Å². The average molecular weight is 488 g/mol. The van der Waals surface area contributed by atoms with Crippen molar-refractivity contribution in [1.82, 2.24) is 20.1 Å². The van der Waals surface area contributed by atoms with Gasteiger partial charge < -0.3 is 9.80 Å². The monoisotopic (exact) mass is 487 g/mol. The summed E-state index contributed by atoms with van der Waals surface area (Å²) >= 11 is 0. The van der Waals surface area contributed by atoms with Crippen LogP contribution in [0.25, 0.3) is 10.8 Å². The predicted molar refractivity (Wildman–Crippen MR) is 132 cm³/mol. The van der Waals surface area contributed by atoms with Crippen LogP contribution in [0.3, 0.4) is 0 Å². The number of piperazine rings is 1. The molecule has 4 heterocycles. The van der Waals surface area contributed by atoms with Gasteiger partial charge in [-0.25, -0.2) is 4.39 Å². The lowest BCUT2D eigenvalue weighted by Gasteiger charge is -2.37. The molecule has 0 radical (unpaired) electrons. The molecule has 36 heavy (non-hydrogen) atoms. The summed E-state index contributed by atoms with van der Waals surface area (Å²) in [4.78, 5) is 47.4. The Balaban J connectivity index is 1.19. The number of fused-ring (bicyclic) bond motifs is 2. The van der Waals surface area contributed by atoms with Crippen LogP contribution in [0.5, 0.6) is 0 Å². The number of hydrogen-bond acceptors (Lipinski definition) is 6. The highest BCUT2D eigenvalue weighted by Gasteiger charge is 2.41. The van der Waals surface area contributed by atoms with Gasteiger partial charge in [0.1, 0.15) is 11.9 Å². The number of amides is 3. The van der Waals surface area contributed by atoms with Gasteiger partial charge in [0.2, 0.25) is 11.8 Å². The van der Waals surface area contributed by atoms with Crippen molar-refractivity contribution in [3.8, 4) is 0 Å². The van der Waals surface area contributed by atoms with Crippen molar-refractivity contribution in [3.63, 3.8) is 0 Å². The average Bonchev–Trinajstić information content (AvgIpc) is 3.20. The second-order valence-electron chi connectivity index (χ2n) is 9.63. The molecule has 3 amide bonds. The van der Waals surface area contributed by atoms with Gasteiger partial charge in [0.25, 0.3) is 5.91 Å². The Bertz CT molecular complexity index is 1380. The standard InChI is InChI=1S/C27H26FN5O3/c28-19-11-21-22(16-33(27(21)36)23-5-6-25(34)30-26(23)35)24(12-19)32-9-7-31(8-10-32)15-18-14-29-13-17-3-1-2-4-20(17)18/h1-4,11-14,23H,5-10,15-16H2,(H,30,34,35). The van der Waals surface area contributed by atoms with Crippen LogP contribution in [-0.2, 0) is 22.7 Å². The van der Waals surface area contributed by atoms with E-state index in [-0.39, 0.29) is 31.2 Å². The Labute approximate surface area is 207 Å². The summed E-state index contributed by atoms with van der Waals surface area (Å²) in [6.45, 7) is 3.99. The van der Waals surface area contributed by atoms with Gasteiger partial charge >= 0.3 is 0 Å². The molecule has 1 unspecified atom stereocenters. The summed E-state index contributed by atoms with van der Waals surface area (Å²) in [7, 11) is 0. The third-order valence-electron chi connectivity index (χ3n) is 7.45. The highest BCUT2D eigenvalue weighted by molar-refractivity contribution is 6.06. The van der Waals surface area contributed by atoms with Gasteiger partial charge in [-0.1, -0.05) is 24.3 Å². The van der Waals surface area contributed by atoms with E-state index < -0.39 is 17.8 Å². The molecule has 8 nitrogen and oxygen atoms in total. The van der Waals surface area contributed by atoms with Gasteiger partial charge in [0.05, 0.1) is 0 Å². The quantitative estimate of drug-likeness (QED) is 0.569. The van der Waals surface area contributed by atoms with E-state index in [1.807, 2.05) is 24.5 Å². The number of aromatic nitrogens is 1. The Morgan fingerprint density at radius 3 is 2.64 bits per heavy atom. The van der Waals surface area contributed by atoms with E-state index in [2.05, 4.69) is 32.2 Å². The number of nitrogens with one attached hydrogen (secondary N) is 1. The summed E-state index contributed by atoms with van der Waals surface area (Å²) < 4.78 is 14.6. The zero-order valence-electron chi connectivity index (χ0n) is 19.7. The fourth-order valence-corrected chi connectivity index (χ4v) is 5.58. The summed E-state index contributed by atoms with van der Waals surface area (Å²) in [5.74, 6) is -1.62. The number of rotatable bonds is 4. The molecule has 6 rings (SSSR count). The first-order chi connectivity index (χ1) is 17.5. The van der Waals surface area contributed by atoms with Crippen molar-refractivity contribution in [1.29, 1.82) is 0 Å². The maximum absolute atomic E-state index is 14.6. The van der Waals surface area contributed by atoms with E-state index in [4.69, 9.17) is 0 Å². The van der Waals surface area contributed by atoms with Crippen molar-refractivity contribution in [2.45, 2.75) is 32.0 Å².